The topological polar surface area (TPSA) is 47.6 Å². The molecule has 1 saturated heterocycles. The number of nitrogens with zero attached hydrogens (tertiary/aromatic N) is 2. The fourth-order valence-electron chi connectivity index (χ4n) is 2.62. The average molecular weight is 350 g/mol. The van der Waals surface area contributed by atoms with Gasteiger partial charge in [0.2, 0.25) is 0 Å². The summed E-state index contributed by atoms with van der Waals surface area (Å²) < 4.78 is 12.4. The van der Waals surface area contributed by atoms with Crippen molar-refractivity contribution in [3.63, 3.8) is 0 Å². The molecule has 2 N–H and O–H groups in total. The van der Waals surface area contributed by atoms with Crippen molar-refractivity contribution in [3.8, 4) is 0 Å². The maximum Gasteiger partial charge on any atom is 0.332 e. The predicted octanol–water partition coefficient (Wildman–Crippen LogP) is 3.82. The number of hydrogen-bond donors (Lipinski definition) is 2. The molecule has 2 atom stereocenters. The van der Waals surface area contributed by atoms with Crippen molar-refractivity contribution in [2.45, 2.75) is 45.2 Å². The Labute approximate surface area is 150 Å². The van der Waals surface area contributed by atoms with Gasteiger partial charge in [-0.15, -0.1) is 16.2 Å². The average Bonchev–Trinajstić information content (AvgIpc) is 3.05. The predicted molar refractivity (Wildman–Crippen MR) is 100 cm³/mol. The van der Waals surface area contributed by atoms with Crippen LogP contribution in [0.1, 0.15) is 44.7 Å². The minimum atomic E-state index is -0.0919. The zero-order chi connectivity index (χ0) is 18.7. The highest BCUT2D eigenvalue weighted by Crippen LogP contribution is 2.17. The van der Waals surface area contributed by atoms with Crippen LogP contribution in [-0.4, -0.2) is 42.3 Å². The molecule has 1 heterocycles. The zero-order valence-corrected chi connectivity index (χ0v) is 15.5. The van der Waals surface area contributed by atoms with Crippen LogP contribution in [0.4, 0.5) is 9.28 Å². The second-order valence-corrected chi connectivity index (χ2v) is 6.03. The number of rotatable bonds is 6. The molecule has 1 aromatic carbocycles. The third-order valence-corrected chi connectivity index (χ3v) is 4.11. The molecule has 1 aliphatic rings. The van der Waals surface area contributed by atoms with Gasteiger partial charge in [0.05, 0.1) is 12.1 Å². The summed E-state index contributed by atoms with van der Waals surface area (Å²) in [5.74, 6) is 0. The molecular formula is C19H31FN4O. The van der Waals surface area contributed by atoms with Crippen LogP contribution < -0.4 is 10.7 Å². The number of urea groups is 1. The molecule has 0 saturated carbocycles. The van der Waals surface area contributed by atoms with Crippen LogP contribution in [0.25, 0.3) is 0 Å². The van der Waals surface area contributed by atoms with Crippen molar-refractivity contribution >= 4 is 6.03 Å². The SMILES string of the molecule is C=CC1CCCN1F.CCCN(NC)C(=O)N[C@@H](C)c1ccccc1. The first-order valence-electron chi connectivity index (χ1n) is 8.88. The monoisotopic (exact) mass is 350 g/mol. The molecule has 140 valence electrons. The van der Waals surface area contributed by atoms with Crippen molar-refractivity contribution in [2.24, 2.45) is 0 Å². The first kappa shape index (κ1) is 21.1. The van der Waals surface area contributed by atoms with E-state index < -0.39 is 0 Å². The van der Waals surface area contributed by atoms with E-state index in [0.29, 0.717) is 13.1 Å². The van der Waals surface area contributed by atoms with E-state index in [1.165, 1.54) is 0 Å². The van der Waals surface area contributed by atoms with Gasteiger partial charge in [-0.05, 0) is 31.7 Å². The lowest BCUT2D eigenvalue weighted by Gasteiger charge is -2.23. The van der Waals surface area contributed by atoms with Gasteiger partial charge >= 0.3 is 6.03 Å². The molecule has 2 amide bonds. The molecule has 0 spiro atoms. The third-order valence-electron chi connectivity index (χ3n) is 4.11. The Kier molecular flexibility index (Phi) is 9.80. The lowest BCUT2D eigenvalue weighted by molar-refractivity contribution is 0.0293. The van der Waals surface area contributed by atoms with Crippen molar-refractivity contribution in [1.82, 2.24) is 20.9 Å². The quantitative estimate of drug-likeness (QED) is 0.466. The fraction of sp³-hybridized carbons (Fsp3) is 0.526. The van der Waals surface area contributed by atoms with Crippen molar-refractivity contribution in [2.75, 3.05) is 20.1 Å². The smallest absolute Gasteiger partial charge is 0.330 e. The van der Waals surface area contributed by atoms with Crippen molar-refractivity contribution < 1.29 is 9.28 Å². The van der Waals surface area contributed by atoms with Gasteiger partial charge < -0.3 is 5.32 Å². The highest BCUT2D eigenvalue weighted by Gasteiger charge is 2.20. The summed E-state index contributed by atoms with van der Waals surface area (Å²) in [6, 6.07) is 9.84. The number of carbonyl (C=O) groups is 1. The van der Waals surface area contributed by atoms with Crippen LogP contribution in [0, 0.1) is 0 Å². The molecule has 0 radical (unpaired) electrons. The molecule has 25 heavy (non-hydrogen) atoms. The lowest BCUT2D eigenvalue weighted by Crippen LogP contribution is -2.47. The summed E-state index contributed by atoms with van der Waals surface area (Å²) in [4.78, 5) is 11.9. The van der Waals surface area contributed by atoms with Gasteiger partial charge in [-0.1, -0.05) is 43.3 Å². The van der Waals surface area contributed by atoms with Crippen LogP contribution in [0.5, 0.6) is 0 Å². The summed E-state index contributed by atoms with van der Waals surface area (Å²) in [7, 11) is 1.75. The number of carbonyl (C=O) groups excluding carboxylic acids is 1. The van der Waals surface area contributed by atoms with Crippen LogP contribution in [0.2, 0.25) is 0 Å². The van der Waals surface area contributed by atoms with E-state index in [2.05, 4.69) is 17.3 Å². The Morgan fingerprint density at radius 3 is 2.60 bits per heavy atom. The summed E-state index contributed by atoms with van der Waals surface area (Å²) in [6.45, 7) is 8.81. The Hall–Kier alpha value is -1.92. The normalized spacial score (nSPS) is 18.0. The number of hydrazine groups is 1. The molecule has 5 nitrogen and oxygen atoms in total. The van der Waals surface area contributed by atoms with Crippen LogP contribution in [-0.2, 0) is 0 Å². The van der Waals surface area contributed by atoms with Crippen LogP contribution in [0.15, 0.2) is 43.0 Å². The molecule has 2 rings (SSSR count). The third kappa shape index (κ3) is 7.23. The molecule has 1 aromatic rings. The Morgan fingerprint density at radius 2 is 2.16 bits per heavy atom. The molecule has 6 heteroatoms. The number of hydrogen-bond acceptors (Lipinski definition) is 3. The van der Waals surface area contributed by atoms with Gasteiger partial charge in [-0.2, -0.15) is 0 Å². The standard InChI is InChI=1S/C13H21N3O.C6H10FN/c1-4-10-16(14-3)13(17)15-11(2)12-8-6-5-7-9-12;1-2-6-4-3-5-8(6)7/h5-9,11,14H,4,10H2,1-3H3,(H,15,17);2,6H,1,3-5H2/t11-;/m0./s1. The van der Waals surface area contributed by atoms with Crippen LogP contribution in [0.3, 0.4) is 0 Å². The Balaban J connectivity index is 0.000000324. The molecule has 1 unspecified atom stereocenters. The second-order valence-electron chi connectivity index (χ2n) is 6.03. The second kappa shape index (κ2) is 11.6. The van der Waals surface area contributed by atoms with E-state index in [1.54, 1.807) is 18.1 Å². The zero-order valence-electron chi connectivity index (χ0n) is 15.5. The fourth-order valence-corrected chi connectivity index (χ4v) is 2.62. The van der Waals surface area contributed by atoms with E-state index in [1.807, 2.05) is 44.2 Å². The van der Waals surface area contributed by atoms with Crippen LogP contribution >= 0.6 is 0 Å². The van der Waals surface area contributed by atoms with E-state index in [4.69, 9.17) is 0 Å². The van der Waals surface area contributed by atoms with Gasteiger partial charge in [-0.25, -0.2) is 10.2 Å². The minimum absolute atomic E-state index is 0.00463. The van der Waals surface area contributed by atoms with E-state index in [0.717, 1.165) is 29.9 Å². The van der Waals surface area contributed by atoms with E-state index in [-0.39, 0.29) is 18.1 Å². The van der Waals surface area contributed by atoms with Gasteiger partial charge in [0.1, 0.15) is 0 Å². The van der Waals surface area contributed by atoms with E-state index >= 15 is 0 Å². The van der Waals surface area contributed by atoms with Gasteiger partial charge in [0.25, 0.3) is 0 Å². The van der Waals surface area contributed by atoms with Gasteiger partial charge in [0.15, 0.2) is 0 Å². The summed E-state index contributed by atoms with van der Waals surface area (Å²) >= 11 is 0. The highest BCUT2D eigenvalue weighted by molar-refractivity contribution is 5.74. The lowest BCUT2D eigenvalue weighted by atomic mass is 10.1. The molecule has 0 aliphatic carbocycles. The number of halogens is 1. The molecule has 0 aromatic heterocycles. The van der Waals surface area contributed by atoms with E-state index in [9.17, 15) is 9.28 Å². The Bertz CT molecular complexity index is 511. The molecule has 1 fully saturated rings. The number of benzene rings is 1. The minimum Gasteiger partial charge on any atom is -0.330 e. The number of amides is 2. The summed E-state index contributed by atoms with van der Waals surface area (Å²) in [6.07, 6.45) is 4.48. The highest BCUT2D eigenvalue weighted by atomic mass is 19.2. The molecule has 0 bridgehead atoms. The first-order valence-corrected chi connectivity index (χ1v) is 8.88. The Morgan fingerprint density at radius 1 is 1.48 bits per heavy atom. The van der Waals surface area contributed by atoms with Gasteiger partial charge in [0, 0.05) is 20.1 Å². The summed E-state index contributed by atoms with van der Waals surface area (Å²) in [5.41, 5.74) is 3.99. The van der Waals surface area contributed by atoms with Crippen molar-refractivity contribution in [3.05, 3.63) is 48.6 Å². The van der Waals surface area contributed by atoms with Gasteiger partial charge in [-0.3, -0.25) is 5.01 Å². The molecular weight excluding hydrogens is 319 g/mol. The largest absolute Gasteiger partial charge is 0.332 e. The van der Waals surface area contributed by atoms with Crippen molar-refractivity contribution in [1.29, 1.82) is 0 Å². The maximum atomic E-state index is 12.4. The number of nitrogens with one attached hydrogen (secondary N) is 2. The molecule has 1 aliphatic heterocycles. The maximum absolute atomic E-state index is 12.4. The summed E-state index contributed by atoms with van der Waals surface area (Å²) in [5, 5.41) is 5.38. The first-order chi connectivity index (χ1) is 12.0.